The average Bonchev–Trinajstić information content (AvgIpc) is 3.10. The molecule has 0 aliphatic heterocycles. The third kappa shape index (κ3) is 5.26. The minimum Gasteiger partial charge on any atom is -0.478 e. The first-order valence-electron chi connectivity index (χ1n) is 7.43. The van der Waals surface area contributed by atoms with Crippen molar-refractivity contribution in [3.05, 3.63) is 18.2 Å². The summed E-state index contributed by atoms with van der Waals surface area (Å²) in [5.41, 5.74) is 2.23. The average molecular weight is 335 g/mol. The molecule has 0 radical (unpaired) electrons. The fraction of sp³-hybridized carbons (Fsp3) is 0.583. The quantitative estimate of drug-likeness (QED) is 0.209. The fourth-order valence-corrected chi connectivity index (χ4v) is 1.58. The molecule has 11 heteroatoms. The number of aliphatic hydroxyl groups is 4. The Morgan fingerprint density at radius 2 is 2.13 bits per heavy atom. The number of H-pyrrole nitrogens is 1. The maximum absolute atomic E-state index is 12.1. The molecule has 5 atom stereocenters. The van der Waals surface area contributed by atoms with Gasteiger partial charge in [-0.1, -0.05) is 0 Å². The van der Waals surface area contributed by atoms with Gasteiger partial charge in [0, 0.05) is 18.3 Å². The summed E-state index contributed by atoms with van der Waals surface area (Å²) in [6, 6.07) is -1.41. The molecule has 0 aliphatic carbocycles. The van der Waals surface area contributed by atoms with Crippen molar-refractivity contribution in [2.24, 2.45) is 5.73 Å². The number of ether oxygens (including phenoxy) is 1. The summed E-state index contributed by atoms with van der Waals surface area (Å²) in [6.07, 6.45) is -7.70. The van der Waals surface area contributed by atoms with Crippen molar-refractivity contribution in [3.8, 4) is 0 Å². The lowest BCUT2D eigenvalue weighted by Crippen LogP contribution is -2.51. The lowest BCUT2D eigenvalue weighted by molar-refractivity contribution is -0.183. The number of carboxylic acids is 1. The first kappa shape index (κ1) is 15.8. The minimum absolute atomic E-state index is 0.157. The number of aromatic nitrogens is 2. The van der Waals surface area contributed by atoms with E-state index >= 15 is 0 Å². The van der Waals surface area contributed by atoms with E-state index in [0.29, 0.717) is 5.69 Å². The minimum atomic E-state index is -3.38. The Hall–Kier alpha value is -2.05. The van der Waals surface area contributed by atoms with Gasteiger partial charge >= 0.3 is 11.9 Å². The second kappa shape index (κ2) is 8.55. The smallest absolute Gasteiger partial charge is 0.347 e. The molecule has 0 aliphatic rings. The van der Waals surface area contributed by atoms with E-state index in [4.69, 9.17) is 13.0 Å². The van der Waals surface area contributed by atoms with Crippen molar-refractivity contribution < 1.29 is 42.6 Å². The van der Waals surface area contributed by atoms with Gasteiger partial charge in [0.05, 0.1) is 14.3 Å². The highest BCUT2D eigenvalue weighted by Crippen LogP contribution is 2.11. The van der Waals surface area contributed by atoms with E-state index in [1.54, 1.807) is 0 Å². The van der Waals surface area contributed by atoms with Gasteiger partial charge in [-0.25, -0.2) is 9.78 Å². The van der Waals surface area contributed by atoms with E-state index in [2.05, 4.69) is 14.7 Å². The van der Waals surface area contributed by atoms with Crippen LogP contribution in [0.2, 0.25) is 1.41 Å². The Labute approximate surface area is 133 Å². The topological polar surface area (TPSA) is 199 Å². The van der Waals surface area contributed by atoms with Gasteiger partial charge in [0.1, 0.15) is 25.8 Å². The molecule has 0 bridgehead atoms. The van der Waals surface area contributed by atoms with Gasteiger partial charge in [0.15, 0.2) is 0 Å². The van der Waals surface area contributed by atoms with Crippen LogP contribution in [-0.4, -0.2) is 84.5 Å². The van der Waals surface area contributed by atoms with Crippen molar-refractivity contribution in [1.82, 2.24) is 9.97 Å². The van der Waals surface area contributed by atoms with Crippen LogP contribution in [0.5, 0.6) is 0 Å². The summed E-state index contributed by atoms with van der Waals surface area (Å²) >= 11 is 0. The van der Waals surface area contributed by atoms with E-state index < -0.39 is 49.0 Å². The Morgan fingerprint density at radius 1 is 1.43 bits per heavy atom. The number of rotatable bonds is 10. The van der Waals surface area contributed by atoms with Gasteiger partial charge in [-0.15, -0.1) is 0 Å². The highest BCUT2D eigenvalue weighted by molar-refractivity contribution is 5.81. The number of nitrogens with one attached hydrogen (secondary N) is 1. The van der Waals surface area contributed by atoms with E-state index in [9.17, 15) is 24.9 Å². The largest absolute Gasteiger partial charge is 0.478 e. The maximum atomic E-state index is 12.1. The molecule has 0 spiro atoms. The van der Waals surface area contributed by atoms with Crippen LogP contribution in [0.15, 0.2) is 12.5 Å². The summed E-state index contributed by atoms with van der Waals surface area (Å²) < 4.78 is 19.3. The molecule has 1 heterocycles. The van der Waals surface area contributed by atoms with Gasteiger partial charge in [-0.3, -0.25) is 4.79 Å². The number of hydrogen-bond acceptors (Lipinski definition) is 9. The number of nitrogens with zero attached hydrogens (tertiary/aromatic N) is 1. The predicted molar refractivity (Wildman–Crippen MR) is 72.9 cm³/mol. The van der Waals surface area contributed by atoms with E-state index in [-0.39, 0.29) is 6.42 Å². The van der Waals surface area contributed by atoms with Crippen LogP contribution < -0.4 is 5.73 Å². The predicted octanol–water partition coefficient (Wildman–Crippen LogP) is -3.65. The third-order valence-corrected chi connectivity index (χ3v) is 2.86. The zero-order valence-electron chi connectivity index (χ0n) is 13.8. The lowest BCUT2D eigenvalue weighted by atomic mass is 10.0. The zero-order chi connectivity index (χ0) is 19.2. The van der Waals surface area contributed by atoms with Crippen molar-refractivity contribution >= 4 is 11.9 Å². The maximum Gasteiger partial charge on any atom is 0.347 e. The number of carbonyl (C=O) groups excluding carboxylic acids is 1. The molecule has 8 N–H and O–H groups in total. The molecule has 0 aromatic carbocycles. The first-order chi connectivity index (χ1) is 11.7. The van der Waals surface area contributed by atoms with Crippen LogP contribution in [0.4, 0.5) is 0 Å². The fourth-order valence-electron chi connectivity index (χ4n) is 1.58. The highest BCUT2D eigenvalue weighted by atomic mass is 16.6. The molecular formula is C12H19N3O8. The van der Waals surface area contributed by atoms with E-state index in [1.807, 2.05) is 5.73 Å². The van der Waals surface area contributed by atoms with Crippen molar-refractivity contribution in [3.63, 3.8) is 0 Å². The number of aliphatic carboxylic acids is 1. The van der Waals surface area contributed by atoms with Gasteiger partial charge in [-0.2, -0.15) is 0 Å². The van der Waals surface area contributed by atoms with Crippen LogP contribution >= 0.6 is 0 Å². The normalized spacial score (nSPS) is 20.3. The second-order valence-corrected chi connectivity index (χ2v) is 4.61. The molecule has 1 aromatic rings. The number of esters is 1. The Bertz CT molecular complexity index is 575. The number of carboxylic acid groups (broad SMARTS) is 1. The van der Waals surface area contributed by atoms with Gasteiger partial charge in [0.2, 0.25) is 6.08 Å². The van der Waals surface area contributed by atoms with Crippen LogP contribution in [0.25, 0.3) is 0 Å². The molecule has 23 heavy (non-hydrogen) atoms. The summed E-state index contributed by atoms with van der Waals surface area (Å²) in [7, 11) is 0. The number of nitrogens with two attached hydrogens (primary N) is 1. The number of aromatic amines is 1. The number of imidazole rings is 1. The Kier molecular flexibility index (Phi) is 5.88. The lowest BCUT2D eigenvalue weighted by Gasteiger charge is -2.26. The first-order valence-corrected chi connectivity index (χ1v) is 6.43. The van der Waals surface area contributed by atoms with E-state index in [1.165, 1.54) is 12.5 Å². The molecule has 0 saturated heterocycles. The van der Waals surface area contributed by atoms with Crippen molar-refractivity contribution in [2.75, 3.05) is 6.61 Å². The van der Waals surface area contributed by atoms with Crippen molar-refractivity contribution in [1.29, 1.82) is 0 Å². The Morgan fingerprint density at radius 3 is 2.61 bits per heavy atom. The van der Waals surface area contributed by atoms with Crippen molar-refractivity contribution in [2.45, 2.75) is 36.9 Å². The molecule has 130 valence electrons. The number of carbonyl (C=O) groups is 2. The Balaban J connectivity index is 2.94. The molecule has 0 amide bonds. The van der Waals surface area contributed by atoms with Gasteiger partial charge < -0.3 is 41.0 Å². The molecule has 11 nitrogen and oxygen atoms in total. The molecule has 1 rings (SSSR count). The van der Waals surface area contributed by atoms with Crippen LogP contribution in [0, 0.1) is 0 Å². The SMILES string of the molecule is [2H]N[C@@H](Cc1cnc[nH]1)C(=O)O[C@]([2H])(C(=O)O)[C@@H](O)[C@H](O)[C@H](O)CO. The monoisotopic (exact) mass is 335 g/mol. The summed E-state index contributed by atoms with van der Waals surface area (Å²) in [6.45, 7) is -1.03. The summed E-state index contributed by atoms with van der Waals surface area (Å²) in [5.74, 6) is -3.49. The standard InChI is InChI=1S/C12H19N3O8/c13-6(1-5-2-14-4-15-5)12(22)23-10(11(20)21)9(19)8(18)7(17)3-16/h2,4,6-10,16-19H,1,3,13H2,(H,14,15)(H,20,21)/t6-,7+,8+,9-,10-/m0/s1/i10D/hD. The number of hydrogen-bond donors (Lipinski definition) is 7. The zero-order valence-corrected chi connectivity index (χ0v) is 11.8. The second-order valence-electron chi connectivity index (χ2n) is 4.61. The highest BCUT2D eigenvalue weighted by Gasteiger charge is 2.39. The molecule has 0 fully saturated rings. The summed E-state index contributed by atoms with van der Waals surface area (Å²) in [5, 5.41) is 46.5. The van der Waals surface area contributed by atoms with Crippen LogP contribution in [0.3, 0.4) is 0 Å². The van der Waals surface area contributed by atoms with Gasteiger partial charge in [-0.05, 0) is 0 Å². The van der Waals surface area contributed by atoms with Crippen LogP contribution in [-0.2, 0) is 20.7 Å². The van der Waals surface area contributed by atoms with E-state index in [0.717, 1.165) is 0 Å². The van der Waals surface area contributed by atoms with Gasteiger partial charge in [0.25, 0.3) is 0 Å². The molecule has 0 saturated carbocycles. The molecule has 0 unspecified atom stereocenters. The van der Waals surface area contributed by atoms with Crippen LogP contribution in [0.1, 0.15) is 7.06 Å². The molecular weight excluding hydrogens is 314 g/mol. The number of aliphatic hydroxyl groups excluding tert-OH is 4. The summed E-state index contributed by atoms with van der Waals surface area (Å²) in [4.78, 5) is 29.7. The molecule has 1 aromatic heterocycles. The third-order valence-electron chi connectivity index (χ3n) is 2.86.